The fraction of sp³-hybridized carbons (Fsp3) is 0.429. The largest absolute Gasteiger partial charge is 0.496 e. The molecule has 6 nitrogen and oxygen atoms in total. The zero-order chi connectivity index (χ0) is 18.6. The predicted molar refractivity (Wildman–Crippen MR) is 101 cm³/mol. The Balaban J connectivity index is 1.49. The van der Waals surface area contributed by atoms with Gasteiger partial charge in [-0.25, -0.2) is 0 Å². The molecule has 2 aromatic rings. The third kappa shape index (κ3) is 3.90. The van der Waals surface area contributed by atoms with Crippen LogP contribution < -0.4 is 14.2 Å². The van der Waals surface area contributed by atoms with E-state index in [9.17, 15) is 4.79 Å². The number of nitrogens with zero attached hydrogens (tertiary/aromatic N) is 2. The van der Waals surface area contributed by atoms with Crippen molar-refractivity contribution in [3.63, 3.8) is 0 Å². The Morgan fingerprint density at radius 3 is 2.81 bits per heavy atom. The number of benzene rings is 1. The summed E-state index contributed by atoms with van der Waals surface area (Å²) in [4.78, 5) is 19.3. The zero-order valence-corrected chi connectivity index (χ0v) is 15.5. The number of hydrogen-bond acceptors (Lipinski definition) is 6. The van der Waals surface area contributed by atoms with E-state index in [1.165, 1.54) is 0 Å². The molecular formula is C21H24N2O4. The van der Waals surface area contributed by atoms with E-state index in [1.807, 2.05) is 24.3 Å². The first kappa shape index (κ1) is 17.8. The summed E-state index contributed by atoms with van der Waals surface area (Å²) in [7, 11) is 1.67. The van der Waals surface area contributed by atoms with Crippen LogP contribution in [0.4, 0.5) is 0 Å². The lowest BCUT2D eigenvalue weighted by molar-refractivity contribution is 0.0805. The van der Waals surface area contributed by atoms with Gasteiger partial charge in [0.05, 0.1) is 7.11 Å². The fourth-order valence-corrected chi connectivity index (χ4v) is 3.80. The van der Waals surface area contributed by atoms with Gasteiger partial charge in [0.1, 0.15) is 24.7 Å². The molecule has 1 aromatic carbocycles. The van der Waals surface area contributed by atoms with Crippen molar-refractivity contribution in [2.45, 2.75) is 19.4 Å². The Labute approximate surface area is 159 Å². The van der Waals surface area contributed by atoms with Crippen LogP contribution in [-0.2, 0) is 6.54 Å². The average molecular weight is 368 g/mol. The fourth-order valence-electron chi connectivity index (χ4n) is 3.80. The van der Waals surface area contributed by atoms with Crippen LogP contribution >= 0.6 is 0 Å². The molecule has 0 spiro atoms. The molecule has 2 aliphatic rings. The average Bonchev–Trinajstić information content (AvgIpc) is 2.73. The molecule has 3 heterocycles. The van der Waals surface area contributed by atoms with Crippen LogP contribution in [0.1, 0.15) is 28.9 Å². The van der Waals surface area contributed by atoms with Crippen molar-refractivity contribution >= 4 is 5.78 Å². The topological polar surface area (TPSA) is 60.9 Å². The van der Waals surface area contributed by atoms with E-state index in [4.69, 9.17) is 14.2 Å². The molecule has 0 saturated carbocycles. The molecule has 0 radical (unpaired) electrons. The minimum Gasteiger partial charge on any atom is -0.496 e. The molecule has 1 atom stereocenters. The van der Waals surface area contributed by atoms with E-state index in [2.05, 4.69) is 9.88 Å². The van der Waals surface area contributed by atoms with Crippen LogP contribution in [0.5, 0.6) is 17.2 Å². The summed E-state index contributed by atoms with van der Waals surface area (Å²) >= 11 is 0. The Bertz CT molecular complexity index is 809. The highest BCUT2D eigenvalue weighted by Gasteiger charge is 2.28. The zero-order valence-electron chi connectivity index (χ0n) is 15.5. The van der Waals surface area contributed by atoms with Gasteiger partial charge in [0, 0.05) is 36.8 Å². The number of piperidine rings is 1. The second-order valence-electron chi connectivity index (χ2n) is 6.96. The Morgan fingerprint density at radius 1 is 1.26 bits per heavy atom. The van der Waals surface area contributed by atoms with E-state index in [-0.39, 0.29) is 11.7 Å². The van der Waals surface area contributed by atoms with Gasteiger partial charge in [0.25, 0.3) is 0 Å². The number of likely N-dealkylation sites (tertiary alicyclic amines) is 1. The minimum atomic E-state index is -0.0168. The van der Waals surface area contributed by atoms with Crippen LogP contribution in [0, 0.1) is 5.92 Å². The highest BCUT2D eigenvalue weighted by molar-refractivity contribution is 5.96. The van der Waals surface area contributed by atoms with Crippen molar-refractivity contribution in [1.82, 2.24) is 9.88 Å². The lowest BCUT2D eigenvalue weighted by atomic mass is 9.91. The van der Waals surface area contributed by atoms with Crippen molar-refractivity contribution < 1.29 is 19.0 Å². The van der Waals surface area contributed by atoms with Crippen molar-refractivity contribution in [3.8, 4) is 17.2 Å². The molecule has 142 valence electrons. The van der Waals surface area contributed by atoms with Crippen LogP contribution in [0.2, 0.25) is 0 Å². The van der Waals surface area contributed by atoms with Crippen LogP contribution in [-0.4, -0.2) is 49.1 Å². The lowest BCUT2D eigenvalue weighted by Crippen LogP contribution is -2.38. The van der Waals surface area contributed by atoms with Gasteiger partial charge >= 0.3 is 0 Å². The van der Waals surface area contributed by atoms with E-state index in [0.29, 0.717) is 25.5 Å². The van der Waals surface area contributed by atoms with E-state index >= 15 is 0 Å². The second-order valence-corrected chi connectivity index (χ2v) is 6.96. The molecule has 0 amide bonds. The second kappa shape index (κ2) is 7.96. The number of Topliss-reactive ketones (excluding diaryl/α,β-unsaturated/α-hetero) is 1. The highest BCUT2D eigenvalue weighted by atomic mass is 16.6. The number of methoxy groups -OCH3 is 1. The summed E-state index contributed by atoms with van der Waals surface area (Å²) in [6.07, 6.45) is 3.58. The summed E-state index contributed by atoms with van der Waals surface area (Å²) < 4.78 is 16.9. The quantitative estimate of drug-likeness (QED) is 0.756. The molecule has 1 aromatic heterocycles. The SMILES string of the molecule is COc1cc2c(cc1CN1CCC[C@H](C(=O)c3ccccn3)C1)OCCO2. The summed E-state index contributed by atoms with van der Waals surface area (Å²) in [6.45, 7) is 3.52. The molecule has 0 bridgehead atoms. The highest BCUT2D eigenvalue weighted by Crippen LogP contribution is 2.37. The number of carbonyl (C=O) groups is 1. The standard InChI is InChI=1S/C21H24N2O4/c1-25-18-12-20-19(26-9-10-27-20)11-16(18)14-23-8-4-5-15(13-23)21(24)17-6-2-3-7-22-17/h2-3,6-7,11-12,15H,4-5,8-10,13-14H2,1H3/t15-/m0/s1. The van der Waals surface area contributed by atoms with Crippen LogP contribution in [0.3, 0.4) is 0 Å². The van der Waals surface area contributed by atoms with Gasteiger partial charge in [-0.05, 0) is 37.6 Å². The molecule has 1 saturated heterocycles. The molecular weight excluding hydrogens is 344 g/mol. The lowest BCUT2D eigenvalue weighted by Gasteiger charge is -2.32. The third-order valence-electron chi connectivity index (χ3n) is 5.13. The molecule has 4 rings (SSSR count). The predicted octanol–water partition coefficient (Wildman–Crippen LogP) is 2.96. The first-order chi connectivity index (χ1) is 13.2. The van der Waals surface area contributed by atoms with Gasteiger partial charge in [-0.2, -0.15) is 0 Å². The number of pyridine rings is 1. The van der Waals surface area contributed by atoms with Crippen molar-refractivity contribution in [2.75, 3.05) is 33.4 Å². The smallest absolute Gasteiger partial charge is 0.185 e. The van der Waals surface area contributed by atoms with Crippen molar-refractivity contribution in [2.24, 2.45) is 5.92 Å². The number of fused-ring (bicyclic) bond motifs is 1. The number of ether oxygens (including phenoxy) is 3. The van der Waals surface area contributed by atoms with Crippen molar-refractivity contribution in [1.29, 1.82) is 0 Å². The number of aromatic nitrogens is 1. The first-order valence-corrected chi connectivity index (χ1v) is 9.38. The summed E-state index contributed by atoms with van der Waals surface area (Å²) in [5.74, 6) is 2.39. The first-order valence-electron chi connectivity index (χ1n) is 9.38. The number of rotatable bonds is 5. The van der Waals surface area contributed by atoms with Gasteiger partial charge in [-0.15, -0.1) is 0 Å². The monoisotopic (exact) mass is 368 g/mol. The van der Waals surface area contributed by atoms with E-state index < -0.39 is 0 Å². The van der Waals surface area contributed by atoms with Gasteiger partial charge in [0.15, 0.2) is 17.3 Å². The Hall–Kier alpha value is -2.60. The summed E-state index contributed by atoms with van der Waals surface area (Å²) in [5, 5.41) is 0. The molecule has 0 aliphatic carbocycles. The molecule has 1 fully saturated rings. The number of ketones is 1. The number of carbonyl (C=O) groups excluding carboxylic acids is 1. The number of hydrogen-bond donors (Lipinski definition) is 0. The summed E-state index contributed by atoms with van der Waals surface area (Å²) in [5.41, 5.74) is 1.61. The maximum atomic E-state index is 12.8. The van der Waals surface area contributed by atoms with Crippen molar-refractivity contribution in [3.05, 3.63) is 47.8 Å². The molecule has 0 N–H and O–H groups in total. The third-order valence-corrected chi connectivity index (χ3v) is 5.13. The minimum absolute atomic E-state index is 0.0168. The van der Waals surface area contributed by atoms with E-state index in [0.717, 1.165) is 48.7 Å². The van der Waals surface area contributed by atoms with Gasteiger partial charge in [-0.1, -0.05) is 6.07 Å². The summed E-state index contributed by atoms with van der Waals surface area (Å²) in [6, 6.07) is 9.38. The van der Waals surface area contributed by atoms with Gasteiger partial charge < -0.3 is 14.2 Å². The normalized spacial score (nSPS) is 19.5. The Kier molecular flexibility index (Phi) is 5.25. The molecule has 0 unspecified atom stereocenters. The van der Waals surface area contributed by atoms with E-state index in [1.54, 1.807) is 19.4 Å². The molecule has 6 heteroatoms. The maximum Gasteiger partial charge on any atom is 0.185 e. The Morgan fingerprint density at radius 2 is 2.07 bits per heavy atom. The molecule has 2 aliphatic heterocycles. The molecule has 27 heavy (non-hydrogen) atoms. The van der Waals surface area contributed by atoms with Crippen LogP contribution in [0.25, 0.3) is 0 Å². The van der Waals surface area contributed by atoms with Gasteiger partial charge in [0.2, 0.25) is 0 Å². The maximum absolute atomic E-state index is 12.8. The van der Waals surface area contributed by atoms with Crippen LogP contribution in [0.15, 0.2) is 36.5 Å². The van der Waals surface area contributed by atoms with Gasteiger partial charge in [-0.3, -0.25) is 14.7 Å².